The van der Waals surface area contributed by atoms with Gasteiger partial charge in [0, 0.05) is 20.0 Å². The molecule has 0 aromatic heterocycles. The zero-order chi connectivity index (χ0) is 13.7. The highest BCUT2D eigenvalue weighted by Gasteiger charge is 2.29. The molecule has 0 saturated carbocycles. The van der Waals surface area contributed by atoms with Crippen molar-refractivity contribution >= 4 is 11.8 Å². The highest BCUT2D eigenvalue weighted by atomic mass is 16.2. The van der Waals surface area contributed by atoms with E-state index in [2.05, 4.69) is 5.32 Å². The average molecular weight is 260 g/mol. The minimum atomic E-state index is -0.296. The van der Waals surface area contributed by atoms with E-state index in [0.717, 1.165) is 24.8 Å². The molecular formula is C15H20N2O2. The normalized spacial score (nSPS) is 19.0. The molecule has 1 fully saturated rings. The van der Waals surface area contributed by atoms with Crippen molar-refractivity contribution in [1.29, 1.82) is 0 Å². The number of rotatable bonds is 3. The summed E-state index contributed by atoms with van der Waals surface area (Å²) in [7, 11) is 0. The van der Waals surface area contributed by atoms with Crippen molar-refractivity contribution in [2.45, 2.75) is 38.8 Å². The Morgan fingerprint density at radius 3 is 2.68 bits per heavy atom. The quantitative estimate of drug-likeness (QED) is 0.899. The average Bonchev–Trinajstić information content (AvgIpc) is 2.46. The first-order valence-corrected chi connectivity index (χ1v) is 6.77. The van der Waals surface area contributed by atoms with Gasteiger partial charge in [-0.05, 0) is 24.8 Å². The van der Waals surface area contributed by atoms with Gasteiger partial charge in [0.15, 0.2) is 0 Å². The van der Waals surface area contributed by atoms with Crippen LogP contribution in [0.15, 0.2) is 30.3 Å². The van der Waals surface area contributed by atoms with Crippen LogP contribution in [0.2, 0.25) is 0 Å². The van der Waals surface area contributed by atoms with Gasteiger partial charge in [0.2, 0.25) is 11.8 Å². The van der Waals surface area contributed by atoms with Gasteiger partial charge in [-0.1, -0.05) is 30.3 Å². The second kappa shape index (κ2) is 6.36. The molecule has 1 saturated heterocycles. The molecule has 2 amide bonds. The van der Waals surface area contributed by atoms with Crippen LogP contribution in [0.25, 0.3) is 0 Å². The Balaban J connectivity index is 1.93. The third kappa shape index (κ3) is 3.56. The van der Waals surface area contributed by atoms with E-state index in [4.69, 9.17) is 0 Å². The van der Waals surface area contributed by atoms with E-state index in [1.807, 2.05) is 30.3 Å². The fourth-order valence-corrected chi connectivity index (χ4v) is 2.48. The van der Waals surface area contributed by atoms with Crippen LogP contribution in [-0.4, -0.2) is 29.3 Å². The van der Waals surface area contributed by atoms with Crippen LogP contribution in [0.1, 0.15) is 31.7 Å². The van der Waals surface area contributed by atoms with E-state index in [9.17, 15) is 9.59 Å². The first kappa shape index (κ1) is 13.6. The summed E-state index contributed by atoms with van der Waals surface area (Å²) in [5, 5.41) is 2.92. The molecule has 1 atom stereocenters. The Morgan fingerprint density at radius 2 is 2.00 bits per heavy atom. The summed E-state index contributed by atoms with van der Waals surface area (Å²) in [6, 6.07) is 9.50. The van der Waals surface area contributed by atoms with Gasteiger partial charge in [-0.15, -0.1) is 0 Å². The number of benzene rings is 1. The number of likely N-dealkylation sites (tertiary alicyclic amines) is 1. The highest BCUT2D eigenvalue weighted by Crippen LogP contribution is 2.17. The monoisotopic (exact) mass is 260 g/mol. The second-order valence-corrected chi connectivity index (χ2v) is 4.93. The maximum Gasteiger partial charge on any atom is 0.243 e. The van der Waals surface area contributed by atoms with Gasteiger partial charge in [0.1, 0.15) is 6.04 Å². The lowest BCUT2D eigenvalue weighted by Gasteiger charge is -2.33. The van der Waals surface area contributed by atoms with E-state index in [0.29, 0.717) is 13.1 Å². The predicted octanol–water partition coefficient (Wildman–Crippen LogP) is 1.70. The van der Waals surface area contributed by atoms with Gasteiger partial charge in [-0.25, -0.2) is 0 Å². The molecule has 0 radical (unpaired) electrons. The summed E-state index contributed by atoms with van der Waals surface area (Å²) in [5.74, 6) is -0.0571. The Morgan fingerprint density at radius 1 is 1.26 bits per heavy atom. The van der Waals surface area contributed by atoms with Crippen LogP contribution in [0.4, 0.5) is 0 Å². The van der Waals surface area contributed by atoms with E-state index >= 15 is 0 Å². The Kier molecular flexibility index (Phi) is 4.55. The van der Waals surface area contributed by atoms with Gasteiger partial charge in [0.25, 0.3) is 0 Å². The summed E-state index contributed by atoms with van der Waals surface area (Å²) < 4.78 is 0. The number of carbonyl (C=O) groups is 2. The van der Waals surface area contributed by atoms with E-state index < -0.39 is 0 Å². The molecule has 1 aliphatic rings. The topological polar surface area (TPSA) is 49.4 Å². The van der Waals surface area contributed by atoms with Gasteiger partial charge < -0.3 is 10.2 Å². The van der Waals surface area contributed by atoms with Gasteiger partial charge in [-0.2, -0.15) is 0 Å². The first-order valence-electron chi connectivity index (χ1n) is 6.77. The molecule has 1 aliphatic heterocycles. The van der Waals surface area contributed by atoms with Crippen molar-refractivity contribution in [2.24, 2.45) is 0 Å². The molecule has 19 heavy (non-hydrogen) atoms. The van der Waals surface area contributed by atoms with Crippen LogP contribution in [0, 0.1) is 0 Å². The SMILES string of the molecule is CC(=O)N1CCCC[C@H]1C(=O)NCc1ccccc1. The Labute approximate surface area is 113 Å². The molecular weight excluding hydrogens is 240 g/mol. The Bertz CT molecular complexity index is 445. The smallest absolute Gasteiger partial charge is 0.243 e. The molecule has 0 spiro atoms. The van der Waals surface area contributed by atoms with Crippen LogP contribution in [0.3, 0.4) is 0 Å². The lowest BCUT2D eigenvalue weighted by Crippen LogP contribution is -2.51. The molecule has 2 rings (SSSR count). The first-order chi connectivity index (χ1) is 9.18. The number of nitrogens with one attached hydrogen (secondary N) is 1. The Hall–Kier alpha value is -1.84. The van der Waals surface area contributed by atoms with E-state index in [1.54, 1.807) is 4.90 Å². The number of carbonyl (C=O) groups excluding carboxylic acids is 2. The van der Waals surface area contributed by atoms with Crippen molar-refractivity contribution in [2.75, 3.05) is 6.54 Å². The fraction of sp³-hybridized carbons (Fsp3) is 0.467. The number of nitrogens with zero attached hydrogens (tertiary/aromatic N) is 1. The molecule has 1 aromatic rings. The summed E-state index contributed by atoms with van der Waals surface area (Å²) in [5.41, 5.74) is 1.07. The number of piperidine rings is 1. The van der Waals surface area contributed by atoms with Crippen LogP contribution in [0.5, 0.6) is 0 Å². The molecule has 1 heterocycles. The van der Waals surface area contributed by atoms with E-state index in [1.165, 1.54) is 6.92 Å². The number of hydrogen-bond acceptors (Lipinski definition) is 2. The van der Waals surface area contributed by atoms with E-state index in [-0.39, 0.29) is 17.9 Å². The molecule has 1 aromatic carbocycles. The predicted molar refractivity (Wildman–Crippen MR) is 73.3 cm³/mol. The van der Waals surface area contributed by atoms with Crippen molar-refractivity contribution in [3.63, 3.8) is 0 Å². The second-order valence-electron chi connectivity index (χ2n) is 4.93. The van der Waals surface area contributed by atoms with Crippen molar-refractivity contribution in [3.8, 4) is 0 Å². The fourth-order valence-electron chi connectivity index (χ4n) is 2.48. The summed E-state index contributed by atoms with van der Waals surface area (Å²) in [6.07, 6.45) is 2.76. The summed E-state index contributed by atoms with van der Waals surface area (Å²) in [6.45, 7) is 2.74. The third-order valence-corrected chi connectivity index (χ3v) is 3.52. The van der Waals surface area contributed by atoms with Crippen LogP contribution < -0.4 is 5.32 Å². The van der Waals surface area contributed by atoms with Crippen molar-refractivity contribution in [3.05, 3.63) is 35.9 Å². The van der Waals surface area contributed by atoms with Gasteiger partial charge in [-0.3, -0.25) is 9.59 Å². The molecule has 4 nitrogen and oxygen atoms in total. The zero-order valence-electron chi connectivity index (χ0n) is 11.3. The lowest BCUT2D eigenvalue weighted by molar-refractivity contribution is -0.140. The van der Waals surface area contributed by atoms with Crippen LogP contribution in [-0.2, 0) is 16.1 Å². The number of amides is 2. The maximum absolute atomic E-state index is 12.2. The molecule has 4 heteroatoms. The molecule has 1 N–H and O–H groups in total. The standard InChI is InChI=1S/C15H20N2O2/c1-12(18)17-10-6-5-9-14(17)15(19)16-11-13-7-3-2-4-8-13/h2-4,7-8,14H,5-6,9-11H2,1H3,(H,16,19)/t14-/m0/s1. The minimum Gasteiger partial charge on any atom is -0.350 e. The molecule has 0 bridgehead atoms. The maximum atomic E-state index is 12.2. The lowest BCUT2D eigenvalue weighted by atomic mass is 10.0. The highest BCUT2D eigenvalue weighted by molar-refractivity contribution is 5.87. The summed E-state index contributed by atoms with van der Waals surface area (Å²) >= 11 is 0. The van der Waals surface area contributed by atoms with Crippen molar-refractivity contribution < 1.29 is 9.59 Å². The summed E-state index contributed by atoms with van der Waals surface area (Å²) in [4.78, 5) is 25.4. The minimum absolute atomic E-state index is 0.0143. The van der Waals surface area contributed by atoms with Crippen molar-refractivity contribution in [1.82, 2.24) is 10.2 Å². The van der Waals surface area contributed by atoms with Gasteiger partial charge >= 0.3 is 0 Å². The zero-order valence-corrected chi connectivity index (χ0v) is 11.3. The number of hydrogen-bond donors (Lipinski definition) is 1. The molecule has 102 valence electrons. The molecule has 0 aliphatic carbocycles. The third-order valence-electron chi connectivity index (χ3n) is 3.52. The van der Waals surface area contributed by atoms with Gasteiger partial charge in [0.05, 0.1) is 0 Å². The largest absolute Gasteiger partial charge is 0.350 e. The molecule has 0 unspecified atom stereocenters. The van der Waals surface area contributed by atoms with Crippen LogP contribution >= 0.6 is 0 Å².